The number of aromatic nitrogens is 1. The molecule has 0 N–H and O–H groups in total. The molecule has 1 aliphatic rings. The van der Waals surface area contributed by atoms with Crippen molar-refractivity contribution >= 4 is 17.7 Å². The van der Waals surface area contributed by atoms with Crippen LogP contribution in [-0.4, -0.2) is 41.8 Å². The molecule has 0 saturated heterocycles. The molecule has 1 aromatic heterocycles. The lowest BCUT2D eigenvalue weighted by molar-refractivity contribution is -0.127. The molecule has 0 bridgehead atoms. The minimum Gasteiger partial charge on any atom is -0.486 e. The highest BCUT2D eigenvalue weighted by Gasteiger charge is 2.17. The molecule has 2 aromatic rings. The number of ether oxygens (including phenoxy) is 2. The van der Waals surface area contributed by atoms with E-state index in [1.807, 2.05) is 39.0 Å². The number of fused-ring (bicyclic) bond motifs is 1. The number of pyridine rings is 1. The SMILES string of the molecule is Cc1nc(SCC(=O)N(C)Cc2ccc3c(c2)OCCO3)c(C#N)c(C)c1C. The molecule has 146 valence electrons. The van der Waals surface area contributed by atoms with Crippen LogP contribution in [0.5, 0.6) is 11.5 Å². The Kier molecular flexibility index (Phi) is 6.10. The summed E-state index contributed by atoms with van der Waals surface area (Å²) in [7, 11) is 1.77. The molecule has 0 radical (unpaired) electrons. The molecule has 0 spiro atoms. The summed E-state index contributed by atoms with van der Waals surface area (Å²) in [4.78, 5) is 18.8. The van der Waals surface area contributed by atoms with Gasteiger partial charge >= 0.3 is 0 Å². The summed E-state index contributed by atoms with van der Waals surface area (Å²) in [6.45, 7) is 7.36. The first-order valence-electron chi connectivity index (χ1n) is 9.04. The zero-order valence-corrected chi connectivity index (χ0v) is 17.4. The Morgan fingerprint density at radius 3 is 2.64 bits per heavy atom. The third-order valence-electron chi connectivity index (χ3n) is 4.86. The molecule has 0 unspecified atom stereocenters. The van der Waals surface area contributed by atoms with E-state index in [-0.39, 0.29) is 11.7 Å². The van der Waals surface area contributed by atoms with Crippen LogP contribution in [0.15, 0.2) is 23.2 Å². The third kappa shape index (κ3) is 4.23. The molecular formula is C21H23N3O3S. The Morgan fingerprint density at radius 1 is 1.21 bits per heavy atom. The van der Waals surface area contributed by atoms with Gasteiger partial charge in [0.1, 0.15) is 24.3 Å². The van der Waals surface area contributed by atoms with Crippen LogP contribution in [0.25, 0.3) is 0 Å². The summed E-state index contributed by atoms with van der Waals surface area (Å²) >= 11 is 1.31. The normalized spacial score (nSPS) is 12.4. The molecule has 3 rings (SSSR count). The number of amides is 1. The quantitative estimate of drug-likeness (QED) is 0.720. The van der Waals surface area contributed by atoms with Gasteiger partial charge in [0, 0.05) is 19.3 Å². The van der Waals surface area contributed by atoms with Crippen LogP contribution in [0.1, 0.15) is 27.9 Å². The van der Waals surface area contributed by atoms with Gasteiger partial charge in [0.15, 0.2) is 11.5 Å². The van der Waals surface area contributed by atoms with Crippen molar-refractivity contribution in [3.8, 4) is 17.6 Å². The van der Waals surface area contributed by atoms with Crippen molar-refractivity contribution in [2.75, 3.05) is 26.0 Å². The van der Waals surface area contributed by atoms with Crippen LogP contribution in [0.3, 0.4) is 0 Å². The molecule has 0 atom stereocenters. The van der Waals surface area contributed by atoms with Gasteiger partial charge in [0.25, 0.3) is 0 Å². The highest BCUT2D eigenvalue weighted by Crippen LogP contribution is 2.31. The van der Waals surface area contributed by atoms with E-state index in [0.29, 0.717) is 36.1 Å². The van der Waals surface area contributed by atoms with Gasteiger partial charge in [-0.25, -0.2) is 4.98 Å². The minimum absolute atomic E-state index is 0.0264. The van der Waals surface area contributed by atoms with Gasteiger partial charge in [-0.3, -0.25) is 4.79 Å². The van der Waals surface area contributed by atoms with Crippen LogP contribution in [0.4, 0.5) is 0 Å². The molecule has 1 amide bonds. The molecule has 2 heterocycles. The molecule has 1 aliphatic heterocycles. The topological polar surface area (TPSA) is 75.5 Å². The molecule has 1 aromatic carbocycles. The summed E-state index contributed by atoms with van der Waals surface area (Å²) in [5.41, 5.74) is 4.35. The van der Waals surface area contributed by atoms with E-state index < -0.39 is 0 Å². The number of aryl methyl sites for hydroxylation is 1. The van der Waals surface area contributed by atoms with Gasteiger partial charge in [-0.1, -0.05) is 17.8 Å². The zero-order valence-electron chi connectivity index (χ0n) is 16.5. The van der Waals surface area contributed by atoms with Crippen molar-refractivity contribution in [3.05, 3.63) is 46.1 Å². The Balaban J connectivity index is 1.65. The minimum atomic E-state index is -0.0264. The first-order chi connectivity index (χ1) is 13.4. The molecule has 6 nitrogen and oxygen atoms in total. The van der Waals surface area contributed by atoms with Gasteiger partial charge in [0.05, 0.1) is 11.3 Å². The molecule has 28 heavy (non-hydrogen) atoms. The van der Waals surface area contributed by atoms with Crippen molar-refractivity contribution < 1.29 is 14.3 Å². The van der Waals surface area contributed by atoms with E-state index in [4.69, 9.17) is 9.47 Å². The molecular weight excluding hydrogens is 374 g/mol. The lowest BCUT2D eigenvalue weighted by Crippen LogP contribution is -2.28. The summed E-state index contributed by atoms with van der Waals surface area (Å²) in [6, 6.07) is 7.94. The number of carbonyl (C=O) groups excluding carboxylic acids is 1. The number of benzene rings is 1. The largest absolute Gasteiger partial charge is 0.486 e. The lowest BCUT2D eigenvalue weighted by atomic mass is 10.1. The first kappa shape index (κ1) is 20.0. The van der Waals surface area contributed by atoms with E-state index in [9.17, 15) is 10.1 Å². The van der Waals surface area contributed by atoms with Crippen LogP contribution in [0, 0.1) is 32.1 Å². The summed E-state index contributed by atoms with van der Waals surface area (Å²) in [5.74, 6) is 1.65. The zero-order chi connectivity index (χ0) is 20.3. The van der Waals surface area contributed by atoms with Crippen LogP contribution in [0.2, 0.25) is 0 Å². The highest BCUT2D eigenvalue weighted by atomic mass is 32.2. The number of nitrogens with zero attached hydrogens (tertiary/aromatic N) is 3. The molecule has 0 fully saturated rings. The first-order valence-corrected chi connectivity index (χ1v) is 10.0. The Labute approximate surface area is 169 Å². The summed E-state index contributed by atoms with van der Waals surface area (Å²) in [5, 5.41) is 10.1. The monoisotopic (exact) mass is 397 g/mol. The Hall–Kier alpha value is -2.72. The third-order valence-corrected chi connectivity index (χ3v) is 5.82. The van der Waals surface area contributed by atoms with Crippen molar-refractivity contribution in [3.63, 3.8) is 0 Å². The van der Waals surface area contributed by atoms with Gasteiger partial charge in [-0.2, -0.15) is 5.26 Å². The second-order valence-corrected chi connectivity index (χ2v) is 7.72. The van der Waals surface area contributed by atoms with Gasteiger partial charge in [-0.05, 0) is 49.6 Å². The Morgan fingerprint density at radius 2 is 1.93 bits per heavy atom. The van der Waals surface area contributed by atoms with Gasteiger partial charge in [0.2, 0.25) is 5.91 Å². The van der Waals surface area contributed by atoms with Crippen LogP contribution < -0.4 is 9.47 Å². The average Bonchev–Trinajstić information content (AvgIpc) is 2.70. The molecule has 0 aliphatic carbocycles. The second-order valence-electron chi connectivity index (χ2n) is 6.76. The average molecular weight is 398 g/mol. The van der Waals surface area contributed by atoms with E-state index in [0.717, 1.165) is 28.1 Å². The summed E-state index contributed by atoms with van der Waals surface area (Å²) in [6.07, 6.45) is 0. The smallest absolute Gasteiger partial charge is 0.233 e. The van der Waals surface area contributed by atoms with E-state index in [2.05, 4.69) is 11.1 Å². The van der Waals surface area contributed by atoms with Crippen molar-refractivity contribution in [1.29, 1.82) is 5.26 Å². The maximum atomic E-state index is 12.6. The number of thioether (sulfide) groups is 1. The van der Waals surface area contributed by atoms with Crippen LogP contribution >= 0.6 is 11.8 Å². The fourth-order valence-corrected chi connectivity index (χ4v) is 3.96. The molecule has 7 heteroatoms. The van der Waals surface area contributed by atoms with Crippen LogP contribution in [-0.2, 0) is 11.3 Å². The van der Waals surface area contributed by atoms with E-state index in [1.54, 1.807) is 11.9 Å². The van der Waals surface area contributed by atoms with E-state index >= 15 is 0 Å². The fourth-order valence-electron chi connectivity index (χ4n) is 2.94. The lowest BCUT2D eigenvalue weighted by Gasteiger charge is -2.21. The van der Waals surface area contributed by atoms with Crippen molar-refractivity contribution in [2.24, 2.45) is 0 Å². The number of carbonyl (C=O) groups is 1. The number of hydrogen-bond acceptors (Lipinski definition) is 6. The standard InChI is InChI=1S/C21H23N3O3S/c1-13-14(2)17(10-22)21(23-15(13)3)28-12-20(25)24(4)11-16-5-6-18-19(9-16)27-8-7-26-18/h5-6,9H,7-8,11-12H2,1-4H3. The number of hydrogen-bond donors (Lipinski definition) is 0. The predicted octanol–water partition coefficient (Wildman–Crippen LogP) is 3.40. The molecule has 0 saturated carbocycles. The second kappa shape index (κ2) is 8.53. The fraction of sp³-hybridized carbons (Fsp3) is 0.381. The maximum Gasteiger partial charge on any atom is 0.233 e. The summed E-state index contributed by atoms with van der Waals surface area (Å²) < 4.78 is 11.1. The van der Waals surface area contributed by atoms with Gasteiger partial charge < -0.3 is 14.4 Å². The number of nitriles is 1. The maximum absolute atomic E-state index is 12.6. The predicted molar refractivity (Wildman–Crippen MR) is 108 cm³/mol. The van der Waals surface area contributed by atoms with E-state index in [1.165, 1.54) is 11.8 Å². The highest BCUT2D eigenvalue weighted by molar-refractivity contribution is 8.00. The Bertz CT molecular complexity index is 953. The van der Waals surface area contributed by atoms with Crippen molar-refractivity contribution in [1.82, 2.24) is 9.88 Å². The van der Waals surface area contributed by atoms with Gasteiger partial charge in [-0.15, -0.1) is 0 Å². The van der Waals surface area contributed by atoms with Crippen molar-refractivity contribution in [2.45, 2.75) is 32.3 Å². The number of rotatable bonds is 5.